The lowest BCUT2D eigenvalue weighted by molar-refractivity contribution is 1.04. The van der Waals surface area contributed by atoms with Crippen LogP contribution in [0.5, 0.6) is 0 Å². The van der Waals surface area contributed by atoms with Gasteiger partial charge in [-0.25, -0.2) is 10.8 Å². The third-order valence-electron chi connectivity index (χ3n) is 1.34. The van der Waals surface area contributed by atoms with Gasteiger partial charge in [0.15, 0.2) is 5.82 Å². The van der Waals surface area contributed by atoms with Gasteiger partial charge in [-0.05, 0) is 13.8 Å². The zero-order chi connectivity index (χ0) is 7.56. The van der Waals surface area contributed by atoms with Crippen LogP contribution in [0.15, 0.2) is 6.20 Å². The highest BCUT2D eigenvalue weighted by molar-refractivity contribution is 5.31. The Hall–Kier alpha value is -1.16. The van der Waals surface area contributed by atoms with Crippen molar-refractivity contribution in [2.24, 2.45) is 5.84 Å². The Morgan fingerprint density at radius 2 is 2.10 bits per heavy atom. The maximum absolute atomic E-state index is 5.12. The van der Waals surface area contributed by atoms with E-state index in [1.165, 1.54) is 0 Å². The third-order valence-corrected chi connectivity index (χ3v) is 1.34. The van der Waals surface area contributed by atoms with E-state index in [2.05, 4.69) is 15.4 Å². The number of nitrogen functional groups attached to an aromatic ring is 1. The molecule has 0 bridgehead atoms. The van der Waals surface area contributed by atoms with Crippen molar-refractivity contribution in [2.45, 2.75) is 13.8 Å². The van der Waals surface area contributed by atoms with Gasteiger partial charge in [-0.15, -0.1) is 0 Å². The fourth-order valence-corrected chi connectivity index (χ4v) is 0.611. The van der Waals surface area contributed by atoms with E-state index in [1.54, 1.807) is 6.20 Å². The number of nitrogens with zero attached hydrogens (tertiary/aromatic N) is 2. The van der Waals surface area contributed by atoms with Gasteiger partial charge in [0.25, 0.3) is 0 Å². The molecule has 1 aromatic rings. The molecule has 3 N–H and O–H groups in total. The summed E-state index contributed by atoms with van der Waals surface area (Å²) in [5.74, 6) is 5.72. The molecule has 0 radical (unpaired) electrons. The highest BCUT2D eigenvalue weighted by Crippen LogP contribution is 2.02. The predicted molar refractivity (Wildman–Crippen MR) is 39.3 cm³/mol. The molecule has 0 saturated heterocycles. The van der Waals surface area contributed by atoms with Crippen molar-refractivity contribution >= 4 is 5.82 Å². The Labute approximate surface area is 59.5 Å². The number of hydrogen-bond donors (Lipinski definition) is 2. The average molecular weight is 138 g/mol. The number of anilines is 1. The zero-order valence-electron chi connectivity index (χ0n) is 6.05. The molecule has 1 heterocycles. The van der Waals surface area contributed by atoms with Crippen LogP contribution in [0.25, 0.3) is 0 Å². The highest BCUT2D eigenvalue weighted by atomic mass is 15.3. The van der Waals surface area contributed by atoms with Crippen LogP contribution in [0.4, 0.5) is 5.82 Å². The zero-order valence-corrected chi connectivity index (χ0v) is 6.05. The van der Waals surface area contributed by atoms with Gasteiger partial charge < -0.3 is 5.43 Å². The van der Waals surface area contributed by atoms with E-state index >= 15 is 0 Å². The Morgan fingerprint density at radius 3 is 2.60 bits per heavy atom. The molecule has 0 spiro atoms. The van der Waals surface area contributed by atoms with Gasteiger partial charge in [0.2, 0.25) is 0 Å². The predicted octanol–water partition coefficient (Wildman–Crippen LogP) is 0.379. The minimum Gasteiger partial charge on any atom is -0.307 e. The second-order valence-corrected chi connectivity index (χ2v) is 2.07. The average Bonchev–Trinajstić information content (AvgIpc) is 1.95. The molecule has 4 heteroatoms. The smallest absolute Gasteiger partial charge is 0.158 e. The van der Waals surface area contributed by atoms with Gasteiger partial charge in [0.1, 0.15) is 0 Å². The lowest BCUT2D eigenvalue weighted by Crippen LogP contribution is -2.09. The number of nitrogens with one attached hydrogen (secondary N) is 1. The SMILES string of the molecule is Cc1ncc(NN)nc1C. The van der Waals surface area contributed by atoms with Gasteiger partial charge >= 0.3 is 0 Å². The van der Waals surface area contributed by atoms with E-state index in [0.717, 1.165) is 11.4 Å². The van der Waals surface area contributed by atoms with E-state index in [4.69, 9.17) is 5.84 Å². The van der Waals surface area contributed by atoms with Crippen LogP contribution in [0.1, 0.15) is 11.4 Å². The lowest BCUT2D eigenvalue weighted by Gasteiger charge is -2.00. The van der Waals surface area contributed by atoms with E-state index in [9.17, 15) is 0 Å². The fraction of sp³-hybridized carbons (Fsp3) is 0.333. The molecular formula is C6H10N4. The topological polar surface area (TPSA) is 63.8 Å². The molecular weight excluding hydrogens is 128 g/mol. The van der Waals surface area contributed by atoms with Crippen molar-refractivity contribution in [3.63, 3.8) is 0 Å². The van der Waals surface area contributed by atoms with Crippen molar-refractivity contribution in [3.8, 4) is 0 Å². The number of hydrogen-bond acceptors (Lipinski definition) is 4. The molecule has 0 amide bonds. The molecule has 1 rings (SSSR count). The molecule has 0 unspecified atom stereocenters. The minimum absolute atomic E-state index is 0.600. The summed E-state index contributed by atoms with van der Waals surface area (Å²) in [5, 5.41) is 0. The minimum atomic E-state index is 0.600. The number of hydrazine groups is 1. The number of aryl methyl sites for hydroxylation is 2. The molecule has 54 valence electrons. The first-order valence-electron chi connectivity index (χ1n) is 3.01. The van der Waals surface area contributed by atoms with Gasteiger partial charge in [-0.3, -0.25) is 4.98 Å². The number of aromatic nitrogens is 2. The van der Waals surface area contributed by atoms with Crippen LogP contribution in [-0.4, -0.2) is 9.97 Å². The number of rotatable bonds is 1. The Kier molecular flexibility index (Phi) is 1.82. The molecule has 0 fully saturated rings. The summed E-state index contributed by atoms with van der Waals surface area (Å²) >= 11 is 0. The molecule has 0 aliphatic heterocycles. The highest BCUT2D eigenvalue weighted by Gasteiger charge is 1.95. The third kappa shape index (κ3) is 1.22. The summed E-state index contributed by atoms with van der Waals surface area (Å²) in [5.41, 5.74) is 4.25. The van der Waals surface area contributed by atoms with Crippen LogP contribution >= 0.6 is 0 Å². The van der Waals surface area contributed by atoms with Crippen LogP contribution in [0.3, 0.4) is 0 Å². The molecule has 0 saturated carbocycles. The molecule has 10 heavy (non-hydrogen) atoms. The van der Waals surface area contributed by atoms with Gasteiger partial charge in [0.05, 0.1) is 17.6 Å². The van der Waals surface area contributed by atoms with Crippen molar-refractivity contribution in [3.05, 3.63) is 17.6 Å². The molecule has 0 atom stereocenters. The van der Waals surface area contributed by atoms with Crippen molar-refractivity contribution in [1.29, 1.82) is 0 Å². The standard InChI is InChI=1S/C6H10N4/c1-4-5(2)9-6(10-7)3-8-4/h3H,7H2,1-2H3,(H,9,10). The van der Waals surface area contributed by atoms with E-state index < -0.39 is 0 Å². The first-order chi connectivity index (χ1) is 4.74. The van der Waals surface area contributed by atoms with Crippen molar-refractivity contribution in [1.82, 2.24) is 9.97 Å². The van der Waals surface area contributed by atoms with Crippen molar-refractivity contribution < 1.29 is 0 Å². The largest absolute Gasteiger partial charge is 0.307 e. The maximum atomic E-state index is 5.12. The second-order valence-electron chi connectivity index (χ2n) is 2.07. The Balaban J connectivity index is 3.04. The lowest BCUT2D eigenvalue weighted by atomic mass is 10.3. The van der Waals surface area contributed by atoms with Crippen LogP contribution < -0.4 is 11.3 Å². The summed E-state index contributed by atoms with van der Waals surface area (Å²) in [6.45, 7) is 3.80. The van der Waals surface area contributed by atoms with Gasteiger partial charge in [-0.2, -0.15) is 0 Å². The maximum Gasteiger partial charge on any atom is 0.158 e. The Bertz CT molecular complexity index is 233. The first kappa shape index (κ1) is 6.95. The van der Waals surface area contributed by atoms with Gasteiger partial charge in [-0.1, -0.05) is 0 Å². The molecule has 1 aromatic heterocycles. The molecule has 4 nitrogen and oxygen atoms in total. The molecule has 0 aromatic carbocycles. The monoisotopic (exact) mass is 138 g/mol. The van der Waals surface area contributed by atoms with Crippen LogP contribution in [-0.2, 0) is 0 Å². The van der Waals surface area contributed by atoms with Crippen LogP contribution in [0.2, 0.25) is 0 Å². The van der Waals surface area contributed by atoms with E-state index in [-0.39, 0.29) is 0 Å². The van der Waals surface area contributed by atoms with Crippen molar-refractivity contribution in [2.75, 3.05) is 5.43 Å². The summed E-state index contributed by atoms with van der Waals surface area (Å²) < 4.78 is 0. The molecule has 0 aliphatic carbocycles. The van der Waals surface area contributed by atoms with Crippen LogP contribution in [0, 0.1) is 13.8 Å². The second kappa shape index (κ2) is 2.62. The number of nitrogens with two attached hydrogens (primary N) is 1. The normalized spacial score (nSPS) is 9.50. The first-order valence-corrected chi connectivity index (χ1v) is 3.01. The fourth-order valence-electron chi connectivity index (χ4n) is 0.611. The summed E-state index contributed by atoms with van der Waals surface area (Å²) in [4.78, 5) is 8.14. The summed E-state index contributed by atoms with van der Waals surface area (Å²) in [6, 6.07) is 0. The summed E-state index contributed by atoms with van der Waals surface area (Å²) in [6.07, 6.45) is 1.60. The van der Waals surface area contributed by atoms with Gasteiger partial charge in [0, 0.05) is 0 Å². The Morgan fingerprint density at radius 1 is 1.40 bits per heavy atom. The van der Waals surface area contributed by atoms with E-state index in [1.807, 2.05) is 13.8 Å². The summed E-state index contributed by atoms with van der Waals surface area (Å²) in [7, 11) is 0. The quantitative estimate of drug-likeness (QED) is 0.435. The van der Waals surface area contributed by atoms with E-state index in [0.29, 0.717) is 5.82 Å². The molecule has 0 aliphatic rings.